The lowest BCUT2D eigenvalue weighted by Crippen LogP contribution is -2.44. The number of unbranched alkanes of at least 4 members (excludes halogenated alkanes) is 1. The standard InChI is InChI=1S/C22H37FO4/c1-4-5-11-20(2,23)12-8-13-22-16-18(24)27-21(22,3)14-10-17(22)26-19-9-6-7-15-25-19/h8,13,17-19,24H,4-7,9-12,14-16H2,1-3H3/b13-8+/t17-,18?,19?,20?,21?,22?/m0/s1. The SMILES string of the molecule is CCCCC(C)(F)C/C=C/C12CC(O)OC1(C)CC[C@@H]2OC1CCCCO1. The Labute approximate surface area is 163 Å². The normalized spacial score (nSPS) is 41.7. The average Bonchev–Trinajstić information content (AvgIpc) is 3.01. The van der Waals surface area contributed by atoms with E-state index >= 15 is 0 Å². The van der Waals surface area contributed by atoms with Crippen molar-refractivity contribution in [2.24, 2.45) is 5.41 Å². The number of rotatable bonds is 8. The number of hydrogen-bond donors (Lipinski definition) is 1. The molecule has 2 saturated heterocycles. The van der Waals surface area contributed by atoms with Crippen molar-refractivity contribution in [3.63, 3.8) is 0 Å². The molecule has 4 nitrogen and oxygen atoms in total. The van der Waals surface area contributed by atoms with E-state index < -0.39 is 23.0 Å². The molecule has 6 atom stereocenters. The minimum absolute atomic E-state index is 0.0690. The lowest BCUT2D eigenvalue weighted by molar-refractivity contribution is -0.206. The van der Waals surface area contributed by atoms with Crippen molar-refractivity contribution in [3.8, 4) is 0 Å². The summed E-state index contributed by atoms with van der Waals surface area (Å²) in [6.07, 6.45) is 11.2. The summed E-state index contributed by atoms with van der Waals surface area (Å²) >= 11 is 0. The topological polar surface area (TPSA) is 47.9 Å². The third kappa shape index (κ3) is 4.58. The Hall–Kier alpha value is -0.490. The summed E-state index contributed by atoms with van der Waals surface area (Å²) < 4.78 is 32.8. The van der Waals surface area contributed by atoms with Crippen LogP contribution in [0.4, 0.5) is 4.39 Å². The van der Waals surface area contributed by atoms with Gasteiger partial charge < -0.3 is 19.3 Å². The van der Waals surface area contributed by atoms with Crippen LogP contribution >= 0.6 is 0 Å². The van der Waals surface area contributed by atoms with Gasteiger partial charge in [-0.05, 0) is 58.8 Å². The molecule has 27 heavy (non-hydrogen) atoms. The monoisotopic (exact) mass is 384 g/mol. The Morgan fingerprint density at radius 1 is 1.33 bits per heavy atom. The fourth-order valence-corrected chi connectivity index (χ4v) is 5.09. The molecule has 0 aromatic rings. The highest BCUT2D eigenvalue weighted by Gasteiger charge is 2.63. The quantitative estimate of drug-likeness (QED) is 0.596. The first-order valence-electron chi connectivity index (χ1n) is 10.8. The number of ether oxygens (including phenoxy) is 3. The lowest BCUT2D eigenvalue weighted by Gasteiger charge is -2.39. The van der Waals surface area contributed by atoms with Crippen LogP contribution in [-0.4, -0.2) is 41.7 Å². The molecule has 3 rings (SSSR count). The number of hydrogen-bond acceptors (Lipinski definition) is 4. The van der Waals surface area contributed by atoms with Crippen molar-refractivity contribution >= 4 is 0 Å². The van der Waals surface area contributed by atoms with E-state index in [-0.39, 0.29) is 12.4 Å². The van der Waals surface area contributed by atoms with Gasteiger partial charge in [0, 0.05) is 18.4 Å². The highest BCUT2D eigenvalue weighted by molar-refractivity contribution is 5.21. The molecule has 2 heterocycles. The van der Waals surface area contributed by atoms with Crippen molar-refractivity contribution in [1.29, 1.82) is 0 Å². The molecule has 0 radical (unpaired) electrons. The summed E-state index contributed by atoms with van der Waals surface area (Å²) in [7, 11) is 0. The van der Waals surface area contributed by atoms with Gasteiger partial charge in [0.25, 0.3) is 0 Å². The molecule has 5 heteroatoms. The van der Waals surface area contributed by atoms with Gasteiger partial charge in [0.15, 0.2) is 12.6 Å². The van der Waals surface area contributed by atoms with Gasteiger partial charge in [-0.3, -0.25) is 0 Å². The fourth-order valence-electron chi connectivity index (χ4n) is 5.09. The smallest absolute Gasteiger partial charge is 0.157 e. The molecule has 3 aliphatic rings. The van der Waals surface area contributed by atoms with Crippen LogP contribution in [0.2, 0.25) is 0 Å². The van der Waals surface area contributed by atoms with Gasteiger partial charge in [-0.1, -0.05) is 31.9 Å². The Kier molecular flexibility index (Phi) is 6.67. The highest BCUT2D eigenvalue weighted by atomic mass is 19.1. The van der Waals surface area contributed by atoms with E-state index in [0.29, 0.717) is 19.3 Å². The van der Waals surface area contributed by atoms with E-state index in [9.17, 15) is 9.50 Å². The minimum atomic E-state index is -1.20. The van der Waals surface area contributed by atoms with Crippen LogP contribution in [0, 0.1) is 5.41 Å². The van der Waals surface area contributed by atoms with Gasteiger partial charge in [-0.15, -0.1) is 0 Å². The number of alkyl halides is 1. The second kappa shape index (κ2) is 8.48. The van der Waals surface area contributed by atoms with E-state index in [1.54, 1.807) is 6.92 Å². The molecule has 5 unspecified atom stereocenters. The summed E-state index contributed by atoms with van der Waals surface area (Å²) in [5.74, 6) is 0. The van der Waals surface area contributed by atoms with Gasteiger partial charge in [0.2, 0.25) is 0 Å². The van der Waals surface area contributed by atoms with Crippen LogP contribution < -0.4 is 0 Å². The summed E-state index contributed by atoms with van der Waals surface area (Å²) in [4.78, 5) is 0. The van der Waals surface area contributed by atoms with E-state index in [0.717, 1.165) is 51.6 Å². The first-order valence-corrected chi connectivity index (χ1v) is 10.8. The number of halogens is 1. The predicted molar refractivity (Wildman–Crippen MR) is 103 cm³/mol. The molecule has 1 N–H and O–H groups in total. The third-order valence-electron chi connectivity index (χ3n) is 6.82. The van der Waals surface area contributed by atoms with Crippen molar-refractivity contribution in [2.45, 2.75) is 115 Å². The molecule has 0 spiro atoms. The second-order valence-corrected chi connectivity index (χ2v) is 9.13. The highest BCUT2D eigenvalue weighted by Crippen LogP contribution is 2.59. The largest absolute Gasteiger partial charge is 0.368 e. The van der Waals surface area contributed by atoms with Gasteiger partial charge in [0.05, 0.1) is 11.7 Å². The second-order valence-electron chi connectivity index (χ2n) is 9.13. The van der Waals surface area contributed by atoms with Crippen LogP contribution in [0.25, 0.3) is 0 Å². The van der Waals surface area contributed by atoms with Crippen LogP contribution in [0.3, 0.4) is 0 Å². The Bertz CT molecular complexity index is 516. The molecule has 2 aliphatic heterocycles. The zero-order valence-corrected chi connectivity index (χ0v) is 17.2. The van der Waals surface area contributed by atoms with Crippen LogP contribution in [0.5, 0.6) is 0 Å². The zero-order chi connectivity index (χ0) is 19.5. The van der Waals surface area contributed by atoms with Crippen molar-refractivity contribution < 1.29 is 23.7 Å². The molecule has 3 fully saturated rings. The van der Waals surface area contributed by atoms with Gasteiger partial charge in [-0.2, -0.15) is 0 Å². The first-order chi connectivity index (χ1) is 12.8. The Balaban J connectivity index is 1.74. The van der Waals surface area contributed by atoms with Crippen molar-refractivity contribution in [2.75, 3.05) is 6.61 Å². The summed E-state index contributed by atoms with van der Waals surface area (Å²) in [6, 6.07) is 0. The molecule has 0 aromatic heterocycles. The summed E-state index contributed by atoms with van der Waals surface area (Å²) in [6.45, 7) is 6.57. The molecule has 0 amide bonds. The predicted octanol–water partition coefficient (Wildman–Crippen LogP) is 5.04. The zero-order valence-electron chi connectivity index (χ0n) is 17.2. The Morgan fingerprint density at radius 3 is 2.85 bits per heavy atom. The maximum Gasteiger partial charge on any atom is 0.157 e. The number of fused-ring (bicyclic) bond motifs is 1. The number of allylic oxidation sites excluding steroid dienone is 1. The maximum absolute atomic E-state index is 14.8. The van der Waals surface area contributed by atoms with E-state index in [2.05, 4.69) is 19.9 Å². The molecule has 0 bridgehead atoms. The van der Waals surface area contributed by atoms with E-state index in [4.69, 9.17) is 14.2 Å². The molecular formula is C22H37FO4. The Morgan fingerprint density at radius 2 is 2.15 bits per heavy atom. The van der Waals surface area contributed by atoms with Crippen molar-refractivity contribution in [3.05, 3.63) is 12.2 Å². The summed E-state index contributed by atoms with van der Waals surface area (Å²) in [5, 5.41) is 10.2. The van der Waals surface area contributed by atoms with Crippen LogP contribution in [0.1, 0.15) is 85.0 Å². The molecule has 156 valence electrons. The maximum atomic E-state index is 14.8. The van der Waals surface area contributed by atoms with Gasteiger partial charge in [-0.25, -0.2) is 4.39 Å². The van der Waals surface area contributed by atoms with E-state index in [1.807, 2.05) is 6.08 Å². The van der Waals surface area contributed by atoms with Crippen LogP contribution in [-0.2, 0) is 14.2 Å². The van der Waals surface area contributed by atoms with E-state index in [1.165, 1.54) is 0 Å². The summed E-state index contributed by atoms with van der Waals surface area (Å²) in [5.41, 5.74) is -2.09. The molecule has 0 aromatic carbocycles. The lowest BCUT2D eigenvalue weighted by atomic mass is 9.72. The van der Waals surface area contributed by atoms with Crippen LogP contribution in [0.15, 0.2) is 12.2 Å². The minimum Gasteiger partial charge on any atom is -0.368 e. The fraction of sp³-hybridized carbons (Fsp3) is 0.909. The molecular weight excluding hydrogens is 347 g/mol. The van der Waals surface area contributed by atoms with Gasteiger partial charge in [0.1, 0.15) is 5.67 Å². The average molecular weight is 385 g/mol. The first kappa shape index (κ1) is 21.2. The van der Waals surface area contributed by atoms with Crippen molar-refractivity contribution in [1.82, 2.24) is 0 Å². The molecule has 1 aliphatic carbocycles. The number of aliphatic hydroxyl groups excluding tert-OH is 1. The molecule has 1 saturated carbocycles. The number of aliphatic hydroxyl groups is 1. The third-order valence-corrected chi connectivity index (χ3v) is 6.82. The van der Waals surface area contributed by atoms with Gasteiger partial charge >= 0.3 is 0 Å².